The lowest BCUT2D eigenvalue weighted by molar-refractivity contribution is 0.188. The molecule has 1 aromatic heterocycles. The van der Waals surface area contributed by atoms with Crippen molar-refractivity contribution in [1.29, 1.82) is 0 Å². The molecule has 1 saturated heterocycles. The fraction of sp³-hybridized carbons (Fsp3) is 0.636. The van der Waals surface area contributed by atoms with Gasteiger partial charge in [0.15, 0.2) is 0 Å². The number of anilines is 1. The van der Waals surface area contributed by atoms with Gasteiger partial charge >= 0.3 is 6.09 Å². The van der Waals surface area contributed by atoms with E-state index in [0.29, 0.717) is 12.5 Å². The SMILES string of the molecule is O=C(O)NCCC1CCC(CCN2CCN(c3nsc4ccccc34)CC2)CC1. The van der Waals surface area contributed by atoms with Gasteiger partial charge in [0, 0.05) is 38.1 Å². The first-order valence-electron chi connectivity index (χ1n) is 11.0. The minimum Gasteiger partial charge on any atom is -0.465 e. The van der Waals surface area contributed by atoms with E-state index in [-0.39, 0.29) is 0 Å². The smallest absolute Gasteiger partial charge is 0.404 e. The van der Waals surface area contributed by atoms with Crippen LogP contribution >= 0.6 is 11.5 Å². The molecule has 29 heavy (non-hydrogen) atoms. The Bertz CT molecular complexity index is 795. The van der Waals surface area contributed by atoms with Gasteiger partial charge in [0.2, 0.25) is 0 Å². The largest absolute Gasteiger partial charge is 0.465 e. The van der Waals surface area contributed by atoms with E-state index in [1.54, 1.807) is 11.5 Å². The number of amides is 1. The lowest BCUT2D eigenvalue weighted by Crippen LogP contribution is -2.47. The topological polar surface area (TPSA) is 68.7 Å². The molecule has 1 amide bonds. The molecule has 6 nitrogen and oxygen atoms in total. The molecule has 0 radical (unpaired) electrons. The molecule has 2 aliphatic rings. The molecule has 2 N–H and O–H groups in total. The second kappa shape index (κ2) is 9.76. The van der Waals surface area contributed by atoms with E-state index in [1.807, 2.05) is 0 Å². The van der Waals surface area contributed by atoms with Crippen LogP contribution in [0.1, 0.15) is 38.5 Å². The average Bonchev–Trinajstić information content (AvgIpc) is 3.17. The van der Waals surface area contributed by atoms with Gasteiger partial charge in [-0.25, -0.2) is 4.79 Å². The van der Waals surface area contributed by atoms with Crippen LogP contribution in [0.25, 0.3) is 10.1 Å². The molecule has 1 aliphatic carbocycles. The van der Waals surface area contributed by atoms with Crippen molar-refractivity contribution in [2.24, 2.45) is 11.8 Å². The summed E-state index contributed by atoms with van der Waals surface area (Å²) in [7, 11) is 0. The van der Waals surface area contributed by atoms with Crippen molar-refractivity contribution in [2.75, 3.05) is 44.2 Å². The number of carbonyl (C=O) groups is 1. The maximum absolute atomic E-state index is 10.6. The van der Waals surface area contributed by atoms with Crippen molar-refractivity contribution in [3.63, 3.8) is 0 Å². The maximum Gasteiger partial charge on any atom is 0.404 e. The van der Waals surface area contributed by atoms with E-state index in [9.17, 15) is 4.79 Å². The predicted molar refractivity (Wildman–Crippen MR) is 119 cm³/mol. The van der Waals surface area contributed by atoms with Crippen LogP contribution in [0.5, 0.6) is 0 Å². The van der Waals surface area contributed by atoms with Crippen molar-refractivity contribution in [1.82, 2.24) is 14.6 Å². The van der Waals surface area contributed by atoms with Gasteiger partial charge in [0.05, 0.1) is 4.70 Å². The fourth-order valence-corrected chi connectivity index (χ4v) is 5.64. The number of rotatable bonds is 7. The Hall–Kier alpha value is -1.86. The normalized spacial score (nSPS) is 23.4. The zero-order valence-electron chi connectivity index (χ0n) is 17.1. The molecule has 0 unspecified atom stereocenters. The molecule has 1 saturated carbocycles. The summed E-state index contributed by atoms with van der Waals surface area (Å²) in [6.07, 6.45) is 6.53. The standard InChI is InChI=1S/C22H32N4O2S/c27-22(28)23-11-9-17-5-7-18(8-6-17)10-12-25-13-15-26(16-14-25)21-19-3-1-2-4-20(19)29-24-21/h1-4,17-18,23H,5-16H2,(H,27,28). The first-order valence-corrected chi connectivity index (χ1v) is 11.7. The highest BCUT2D eigenvalue weighted by Crippen LogP contribution is 2.33. The lowest BCUT2D eigenvalue weighted by atomic mass is 9.79. The molecule has 1 aliphatic heterocycles. The zero-order valence-corrected chi connectivity index (χ0v) is 17.9. The van der Waals surface area contributed by atoms with Gasteiger partial charge in [-0.2, -0.15) is 4.37 Å². The number of aromatic nitrogens is 1. The van der Waals surface area contributed by atoms with Gasteiger partial charge in [-0.15, -0.1) is 0 Å². The van der Waals surface area contributed by atoms with Gasteiger partial charge in [-0.1, -0.05) is 37.8 Å². The number of nitrogens with one attached hydrogen (secondary N) is 1. The van der Waals surface area contributed by atoms with E-state index < -0.39 is 6.09 Å². The molecule has 0 spiro atoms. The van der Waals surface area contributed by atoms with Crippen molar-refractivity contribution in [2.45, 2.75) is 38.5 Å². The van der Waals surface area contributed by atoms with Gasteiger partial charge in [0.25, 0.3) is 0 Å². The molecule has 0 bridgehead atoms. The second-order valence-corrected chi connectivity index (χ2v) is 9.33. The molecular weight excluding hydrogens is 384 g/mol. The van der Waals surface area contributed by atoms with Crippen LogP contribution in [0, 0.1) is 11.8 Å². The van der Waals surface area contributed by atoms with Crippen molar-refractivity contribution in [3.05, 3.63) is 24.3 Å². The fourth-order valence-electron chi connectivity index (χ4n) is 4.84. The number of benzene rings is 1. The molecule has 1 aromatic carbocycles. The number of hydrogen-bond acceptors (Lipinski definition) is 5. The summed E-state index contributed by atoms with van der Waals surface area (Å²) in [5.41, 5.74) is 0. The van der Waals surface area contributed by atoms with E-state index in [0.717, 1.165) is 38.5 Å². The Kier molecular flexibility index (Phi) is 6.87. The first-order chi connectivity index (χ1) is 14.2. The molecule has 4 rings (SSSR count). The minimum absolute atomic E-state index is 0.600. The first kappa shape index (κ1) is 20.4. The van der Waals surface area contributed by atoms with Crippen LogP contribution < -0.4 is 10.2 Å². The quantitative estimate of drug-likeness (QED) is 0.705. The summed E-state index contributed by atoms with van der Waals surface area (Å²) < 4.78 is 5.99. The Morgan fingerprint density at radius 1 is 1.07 bits per heavy atom. The Morgan fingerprint density at radius 2 is 1.76 bits per heavy atom. The number of hydrogen-bond donors (Lipinski definition) is 2. The highest BCUT2D eigenvalue weighted by atomic mass is 32.1. The van der Waals surface area contributed by atoms with E-state index in [2.05, 4.69) is 39.4 Å². The number of carboxylic acid groups (broad SMARTS) is 1. The van der Waals surface area contributed by atoms with Gasteiger partial charge in [0.1, 0.15) is 5.82 Å². The van der Waals surface area contributed by atoms with Crippen LogP contribution in [0.15, 0.2) is 24.3 Å². The van der Waals surface area contributed by atoms with Crippen molar-refractivity contribution < 1.29 is 9.90 Å². The monoisotopic (exact) mass is 416 g/mol. The summed E-state index contributed by atoms with van der Waals surface area (Å²) in [4.78, 5) is 15.6. The molecule has 158 valence electrons. The van der Waals surface area contributed by atoms with Crippen LogP contribution in [0.3, 0.4) is 0 Å². The summed E-state index contributed by atoms with van der Waals surface area (Å²) in [6, 6.07) is 8.54. The summed E-state index contributed by atoms with van der Waals surface area (Å²) in [6.45, 7) is 6.20. The third-order valence-electron chi connectivity index (χ3n) is 6.68. The predicted octanol–water partition coefficient (Wildman–Crippen LogP) is 4.27. The molecule has 7 heteroatoms. The molecular formula is C22H32N4O2S. The van der Waals surface area contributed by atoms with Crippen LogP contribution in [-0.2, 0) is 0 Å². The molecule has 2 fully saturated rings. The molecule has 0 atom stereocenters. The third kappa shape index (κ3) is 5.39. The van der Waals surface area contributed by atoms with Gasteiger partial charge in [-0.05, 0) is 54.9 Å². The number of fused-ring (bicyclic) bond motifs is 1. The van der Waals surface area contributed by atoms with Crippen molar-refractivity contribution >= 4 is 33.5 Å². The van der Waals surface area contributed by atoms with Gasteiger partial charge < -0.3 is 15.3 Å². The van der Waals surface area contributed by atoms with Gasteiger partial charge in [-0.3, -0.25) is 4.90 Å². The van der Waals surface area contributed by atoms with Crippen LogP contribution in [0.2, 0.25) is 0 Å². The summed E-state index contributed by atoms with van der Waals surface area (Å²) in [5.74, 6) is 2.72. The maximum atomic E-state index is 10.6. The summed E-state index contributed by atoms with van der Waals surface area (Å²) in [5, 5.41) is 12.5. The highest BCUT2D eigenvalue weighted by Gasteiger charge is 2.24. The second-order valence-electron chi connectivity index (χ2n) is 8.53. The Morgan fingerprint density at radius 3 is 2.48 bits per heavy atom. The Balaban J connectivity index is 1.15. The average molecular weight is 417 g/mol. The number of piperazine rings is 1. The Labute approximate surface area is 177 Å². The lowest BCUT2D eigenvalue weighted by Gasteiger charge is -2.36. The van der Waals surface area contributed by atoms with E-state index in [1.165, 1.54) is 54.6 Å². The van der Waals surface area contributed by atoms with Crippen LogP contribution in [0.4, 0.5) is 10.6 Å². The van der Waals surface area contributed by atoms with E-state index >= 15 is 0 Å². The molecule has 2 heterocycles. The highest BCUT2D eigenvalue weighted by molar-refractivity contribution is 7.13. The zero-order chi connectivity index (χ0) is 20.1. The van der Waals surface area contributed by atoms with Crippen LogP contribution in [-0.4, -0.2) is 59.7 Å². The third-order valence-corrected chi connectivity index (χ3v) is 7.50. The summed E-state index contributed by atoms with van der Waals surface area (Å²) >= 11 is 1.61. The van der Waals surface area contributed by atoms with E-state index in [4.69, 9.17) is 9.48 Å². The number of nitrogens with zero attached hydrogens (tertiary/aromatic N) is 3. The molecule has 2 aromatic rings. The van der Waals surface area contributed by atoms with Crippen molar-refractivity contribution in [3.8, 4) is 0 Å². The minimum atomic E-state index is -0.901.